The summed E-state index contributed by atoms with van der Waals surface area (Å²) in [7, 11) is -0.110. The van der Waals surface area contributed by atoms with Gasteiger partial charge >= 0.3 is 0 Å². The number of nitrogens with one attached hydrogen (secondary N) is 4. The third-order valence-electron chi connectivity index (χ3n) is 7.74. The van der Waals surface area contributed by atoms with Crippen molar-refractivity contribution in [1.82, 2.24) is 24.7 Å². The highest BCUT2D eigenvalue weighted by molar-refractivity contribution is 7.89. The second-order valence-corrected chi connectivity index (χ2v) is 14.3. The number of aromatic amines is 1. The quantitative estimate of drug-likeness (QED) is 0.154. The van der Waals surface area contributed by atoms with Crippen molar-refractivity contribution >= 4 is 62.3 Å². The average molecular weight is 725 g/mol. The van der Waals surface area contributed by atoms with E-state index < -0.39 is 21.8 Å². The first kappa shape index (κ1) is 35.8. The lowest BCUT2D eigenvalue weighted by molar-refractivity contribution is -0.111. The highest BCUT2D eigenvalue weighted by atomic mass is 35.5. The molecule has 49 heavy (non-hydrogen) atoms. The Kier molecular flexibility index (Phi) is 11.5. The maximum Gasteiger partial charge on any atom is 0.271 e. The molecule has 256 valence electrons. The van der Waals surface area contributed by atoms with Crippen LogP contribution in [0.4, 0.5) is 11.4 Å². The molecule has 12 nitrogen and oxygen atoms in total. The van der Waals surface area contributed by atoms with Crippen molar-refractivity contribution in [3.8, 4) is 11.3 Å². The Hall–Kier alpha value is -4.53. The fourth-order valence-electron chi connectivity index (χ4n) is 5.26. The van der Waals surface area contributed by atoms with E-state index in [4.69, 9.17) is 23.2 Å². The summed E-state index contributed by atoms with van der Waals surface area (Å²) < 4.78 is 28.4. The molecule has 3 amide bonds. The molecule has 3 aromatic carbocycles. The smallest absolute Gasteiger partial charge is 0.271 e. The predicted molar refractivity (Wildman–Crippen MR) is 190 cm³/mol. The van der Waals surface area contributed by atoms with Crippen molar-refractivity contribution in [2.75, 3.05) is 44.4 Å². The van der Waals surface area contributed by atoms with Crippen LogP contribution in [0.25, 0.3) is 11.3 Å². The van der Waals surface area contributed by atoms with Crippen LogP contribution in [0.15, 0.2) is 89.8 Å². The molecule has 4 aromatic rings. The fraction of sp³-hybridized carbons (Fsp3) is 0.235. The molecule has 0 bridgehead atoms. The van der Waals surface area contributed by atoms with Gasteiger partial charge in [-0.25, -0.2) is 8.42 Å². The number of hydrogen-bond acceptors (Lipinski definition) is 7. The van der Waals surface area contributed by atoms with Crippen LogP contribution in [-0.4, -0.2) is 85.3 Å². The molecule has 4 N–H and O–H groups in total. The predicted octanol–water partition coefficient (Wildman–Crippen LogP) is 5.28. The van der Waals surface area contributed by atoms with Gasteiger partial charge in [0.1, 0.15) is 17.1 Å². The molecule has 2 heterocycles. The molecule has 5 rings (SSSR count). The van der Waals surface area contributed by atoms with E-state index >= 15 is 0 Å². The van der Waals surface area contributed by atoms with Gasteiger partial charge in [0.25, 0.3) is 11.8 Å². The minimum absolute atomic E-state index is 0.0147. The van der Waals surface area contributed by atoms with Gasteiger partial charge in [0, 0.05) is 43.0 Å². The molecule has 1 fully saturated rings. The molecule has 1 aliphatic heterocycles. The van der Waals surface area contributed by atoms with Crippen molar-refractivity contribution in [2.45, 2.75) is 23.8 Å². The van der Waals surface area contributed by atoms with E-state index in [1.165, 1.54) is 34.6 Å². The first-order valence-corrected chi connectivity index (χ1v) is 17.6. The monoisotopic (exact) mass is 723 g/mol. The molecule has 1 saturated heterocycles. The Morgan fingerprint density at radius 2 is 1.61 bits per heavy atom. The number of nitrogens with zero attached hydrogens (tertiary/aromatic N) is 3. The number of benzene rings is 3. The Labute approximate surface area is 294 Å². The molecule has 0 unspecified atom stereocenters. The zero-order valence-corrected chi connectivity index (χ0v) is 29.1. The van der Waals surface area contributed by atoms with Crippen LogP contribution >= 0.6 is 23.2 Å². The third-order valence-corrected chi connectivity index (χ3v) is 10.3. The molecule has 0 aliphatic carbocycles. The van der Waals surface area contributed by atoms with Gasteiger partial charge in [-0.15, -0.1) is 0 Å². The SMILES string of the molecule is CN(C)C/C=C/C(=O)Nc1cccc(S(=O)(=O)N2CCC(NC(=O)c3[nH]nc(-c4ccccc4)c3NC(=O)c3c(Cl)cccc3Cl)CC2)c1. The van der Waals surface area contributed by atoms with Gasteiger partial charge in [0.05, 0.1) is 20.5 Å². The molecule has 0 spiro atoms. The number of carbonyl (C=O) groups is 3. The van der Waals surface area contributed by atoms with E-state index in [2.05, 4.69) is 26.1 Å². The number of aromatic nitrogens is 2. The van der Waals surface area contributed by atoms with Crippen LogP contribution in [0.3, 0.4) is 0 Å². The first-order valence-electron chi connectivity index (χ1n) is 15.4. The summed E-state index contributed by atoms with van der Waals surface area (Å²) in [5.41, 5.74) is 1.56. The number of halogens is 2. The maximum atomic E-state index is 13.6. The highest BCUT2D eigenvalue weighted by Crippen LogP contribution is 2.32. The van der Waals surface area contributed by atoms with Gasteiger partial charge in [-0.3, -0.25) is 19.5 Å². The summed E-state index contributed by atoms with van der Waals surface area (Å²) in [4.78, 5) is 41.2. The summed E-state index contributed by atoms with van der Waals surface area (Å²) in [6.45, 7) is 0.902. The highest BCUT2D eigenvalue weighted by Gasteiger charge is 2.32. The number of rotatable bonds is 11. The van der Waals surface area contributed by atoms with Crippen LogP contribution < -0.4 is 16.0 Å². The number of carbonyl (C=O) groups excluding carboxylic acids is 3. The number of likely N-dealkylation sites (N-methyl/N-ethyl adjacent to an activating group) is 1. The van der Waals surface area contributed by atoms with Gasteiger partial charge in [-0.2, -0.15) is 9.40 Å². The zero-order valence-electron chi connectivity index (χ0n) is 26.7. The van der Waals surface area contributed by atoms with Crippen LogP contribution in [0.5, 0.6) is 0 Å². The van der Waals surface area contributed by atoms with E-state index in [1.54, 1.807) is 48.5 Å². The summed E-state index contributed by atoms with van der Waals surface area (Å²) in [6, 6.07) is 19.5. The first-order chi connectivity index (χ1) is 23.4. The van der Waals surface area contributed by atoms with E-state index in [0.29, 0.717) is 36.3 Å². The molecule has 15 heteroatoms. The lowest BCUT2D eigenvalue weighted by atomic mass is 10.1. The molecule has 0 atom stereocenters. The fourth-order valence-corrected chi connectivity index (χ4v) is 7.34. The number of H-pyrrole nitrogens is 1. The van der Waals surface area contributed by atoms with Crippen molar-refractivity contribution in [2.24, 2.45) is 0 Å². The Bertz CT molecular complexity index is 1960. The van der Waals surface area contributed by atoms with E-state index in [0.717, 1.165) is 0 Å². The summed E-state index contributed by atoms with van der Waals surface area (Å²) >= 11 is 12.5. The third kappa shape index (κ3) is 8.74. The lowest BCUT2D eigenvalue weighted by Crippen LogP contribution is -2.46. The van der Waals surface area contributed by atoms with Crippen LogP contribution in [-0.2, 0) is 14.8 Å². The molecule has 1 aromatic heterocycles. The number of piperidine rings is 1. The molecular formula is C34H35Cl2N7O5S. The Morgan fingerprint density at radius 1 is 0.939 bits per heavy atom. The summed E-state index contributed by atoms with van der Waals surface area (Å²) in [5.74, 6) is -1.51. The zero-order chi connectivity index (χ0) is 35.1. The molecule has 0 saturated carbocycles. The molecule has 0 radical (unpaired) electrons. The molecule has 1 aliphatic rings. The van der Waals surface area contributed by atoms with Crippen molar-refractivity contribution in [3.63, 3.8) is 0 Å². The van der Waals surface area contributed by atoms with Gasteiger partial charge < -0.3 is 20.9 Å². The summed E-state index contributed by atoms with van der Waals surface area (Å²) in [6.07, 6.45) is 3.79. The second-order valence-electron chi connectivity index (χ2n) is 11.6. The average Bonchev–Trinajstić information content (AvgIpc) is 3.48. The van der Waals surface area contributed by atoms with Crippen molar-refractivity contribution < 1.29 is 22.8 Å². The second kappa shape index (κ2) is 15.8. The normalized spacial score (nSPS) is 14.2. The number of hydrogen-bond donors (Lipinski definition) is 4. The van der Waals surface area contributed by atoms with Crippen LogP contribution in [0, 0.1) is 0 Å². The standard InChI is InChI=1S/C34H35Cl2N7O5S/c1-42(2)18-8-15-28(44)37-24-11-6-12-25(21-24)49(47,48)43-19-16-23(17-20-43)38-34(46)32-31(30(40-41-32)22-9-4-3-5-10-22)39-33(45)29-26(35)13-7-14-27(29)36/h3-15,21,23H,16-20H2,1-2H3,(H,37,44)(H,38,46)(H,39,45)(H,40,41)/b15-8+. The van der Waals surface area contributed by atoms with Crippen LogP contribution in [0.2, 0.25) is 10.0 Å². The number of amides is 3. The topological polar surface area (TPSA) is 157 Å². The Morgan fingerprint density at radius 3 is 2.29 bits per heavy atom. The summed E-state index contributed by atoms with van der Waals surface area (Å²) in [5, 5.41) is 15.8. The maximum absolute atomic E-state index is 13.6. The lowest BCUT2D eigenvalue weighted by Gasteiger charge is -2.31. The Balaban J connectivity index is 1.27. The largest absolute Gasteiger partial charge is 0.348 e. The number of anilines is 2. The van der Waals surface area contributed by atoms with Gasteiger partial charge in [-0.05, 0) is 57.3 Å². The number of sulfonamides is 1. The van der Waals surface area contributed by atoms with Gasteiger partial charge in [0.15, 0.2) is 0 Å². The van der Waals surface area contributed by atoms with E-state index in [1.807, 2.05) is 25.1 Å². The van der Waals surface area contributed by atoms with Crippen molar-refractivity contribution in [3.05, 3.63) is 106 Å². The van der Waals surface area contributed by atoms with Gasteiger partial charge in [-0.1, -0.05) is 71.7 Å². The van der Waals surface area contributed by atoms with Crippen LogP contribution in [0.1, 0.15) is 33.7 Å². The minimum atomic E-state index is -3.87. The van der Waals surface area contributed by atoms with Crippen molar-refractivity contribution in [1.29, 1.82) is 0 Å². The van der Waals surface area contributed by atoms with E-state index in [-0.39, 0.29) is 56.9 Å². The van der Waals surface area contributed by atoms with Gasteiger partial charge in [0.2, 0.25) is 15.9 Å². The van der Waals surface area contributed by atoms with E-state index in [9.17, 15) is 22.8 Å². The molecular weight excluding hydrogens is 689 g/mol. The minimum Gasteiger partial charge on any atom is -0.348 e.